The van der Waals surface area contributed by atoms with Crippen molar-refractivity contribution >= 4 is 11.1 Å². The largest absolute Gasteiger partial charge is 0.213 e. The monoisotopic (exact) mass is 713 g/mol. The summed E-state index contributed by atoms with van der Waals surface area (Å²) in [5, 5.41) is 0. The first kappa shape index (κ1) is 34.8. The van der Waals surface area contributed by atoms with Crippen LogP contribution in [0.15, 0.2) is 164 Å². The molecular weight excluding hydrogens is 667 g/mol. The van der Waals surface area contributed by atoms with Crippen molar-refractivity contribution in [2.24, 2.45) is 0 Å². The van der Waals surface area contributed by atoms with Crippen molar-refractivity contribution in [3.8, 4) is 44.8 Å². The summed E-state index contributed by atoms with van der Waals surface area (Å²) in [6.07, 6.45) is 23.9. The molecular formula is C52H47N3. The number of allylic oxidation sites excluding steroid dienone is 8. The molecule has 3 aliphatic rings. The van der Waals surface area contributed by atoms with Crippen molar-refractivity contribution in [1.82, 2.24) is 15.0 Å². The number of hydrogen-bond acceptors (Lipinski definition) is 3. The first-order chi connectivity index (χ1) is 27.3. The van der Waals surface area contributed by atoms with E-state index in [1.54, 1.807) is 0 Å². The van der Waals surface area contributed by atoms with E-state index in [0.29, 0.717) is 0 Å². The zero-order valence-corrected chi connectivity index (χ0v) is 31.4. The highest BCUT2D eigenvalue weighted by atomic mass is 15.0. The van der Waals surface area contributed by atoms with E-state index in [1.807, 2.05) is 0 Å². The summed E-state index contributed by atoms with van der Waals surface area (Å²) >= 11 is 0. The van der Waals surface area contributed by atoms with Crippen molar-refractivity contribution < 1.29 is 0 Å². The smallest absolute Gasteiger partial charge is 0.163 e. The quantitative estimate of drug-likeness (QED) is 0.147. The van der Waals surface area contributed by atoms with Crippen molar-refractivity contribution in [3.63, 3.8) is 0 Å². The topological polar surface area (TPSA) is 38.7 Å². The van der Waals surface area contributed by atoms with Gasteiger partial charge in [-0.25, -0.2) is 15.0 Å². The number of benzene rings is 5. The minimum atomic E-state index is 0.220. The molecule has 0 saturated carbocycles. The standard InChI is InChI=1S/C52H47N3/c1-5-20-37(21-6-1)42-28-13-15-32-44(42)46-30-11-4-12-31-48(46)49-35-18-17-34-47(49)45-33-16-14-29-43(45)40-26-19-27-41(36-40)52-54-50(38-22-7-2-8-23-38)53-51(55-52)39-24-9-3-10-25-39/h1,4-7,11,13-22,24,26-29,31-36,38,46H,2-3,8-10,12,23,25,30H2. The van der Waals surface area contributed by atoms with Gasteiger partial charge in [-0.3, -0.25) is 0 Å². The second-order valence-electron chi connectivity index (χ2n) is 15.1. The van der Waals surface area contributed by atoms with Crippen LogP contribution in [0.25, 0.3) is 55.9 Å². The molecule has 2 unspecified atom stereocenters. The molecule has 270 valence electrons. The molecule has 0 N–H and O–H groups in total. The molecule has 6 aromatic rings. The van der Waals surface area contributed by atoms with Gasteiger partial charge in [0.15, 0.2) is 11.6 Å². The Morgan fingerprint density at radius 3 is 2.00 bits per heavy atom. The van der Waals surface area contributed by atoms with Crippen LogP contribution in [0.3, 0.4) is 0 Å². The van der Waals surface area contributed by atoms with Crippen molar-refractivity contribution in [2.45, 2.75) is 69.6 Å². The Balaban J connectivity index is 1.13. The van der Waals surface area contributed by atoms with Crippen molar-refractivity contribution in [1.29, 1.82) is 0 Å². The van der Waals surface area contributed by atoms with Crippen LogP contribution in [-0.4, -0.2) is 15.0 Å². The van der Waals surface area contributed by atoms with Gasteiger partial charge in [0.25, 0.3) is 0 Å². The summed E-state index contributed by atoms with van der Waals surface area (Å²) in [4.78, 5) is 15.4. The third kappa shape index (κ3) is 7.44. The molecule has 0 aliphatic heterocycles. The van der Waals surface area contributed by atoms with Crippen LogP contribution < -0.4 is 0 Å². The molecule has 3 aliphatic carbocycles. The van der Waals surface area contributed by atoms with Gasteiger partial charge in [0.05, 0.1) is 0 Å². The molecule has 0 saturated heterocycles. The van der Waals surface area contributed by atoms with Gasteiger partial charge in [-0.15, -0.1) is 0 Å². The maximum Gasteiger partial charge on any atom is 0.163 e. The normalized spacial score (nSPS) is 18.3. The first-order valence-electron chi connectivity index (χ1n) is 20.2. The Morgan fingerprint density at radius 2 is 1.20 bits per heavy atom. The lowest BCUT2D eigenvalue weighted by atomic mass is 9.78. The van der Waals surface area contributed by atoms with Crippen LogP contribution >= 0.6 is 0 Å². The van der Waals surface area contributed by atoms with E-state index in [1.165, 1.54) is 69.4 Å². The van der Waals surface area contributed by atoms with Gasteiger partial charge in [-0.2, -0.15) is 0 Å². The Hall–Kier alpha value is -5.93. The van der Waals surface area contributed by atoms with Gasteiger partial charge in [0.1, 0.15) is 5.82 Å². The van der Waals surface area contributed by atoms with Crippen LogP contribution in [0.4, 0.5) is 0 Å². The Labute approximate surface area is 326 Å². The molecule has 2 atom stereocenters. The van der Waals surface area contributed by atoms with Crippen molar-refractivity contribution in [3.05, 3.63) is 187 Å². The van der Waals surface area contributed by atoms with Gasteiger partial charge >= 0.3 is 0 Å². The Bertz CT molecular complexity index is 2430. The van der Waals surface area contributed by atoms with E-state index in [2.05, 4.69) is 164 Å². The summed E-state index contributed by atoms with van der Waals surface area (Å²) in [5.74, 6) is 2.97. The highest BCUT2D eigenvalue weighted by Crippen LogP contribution is 2.45. The van der Waals surface area contributed by atoms with E-state index >= 15 is 0 Å². The minimum absolute atomic E-state index is 0.220. The molecule has 9 rings (SSSR count). The third-order valence-corrected chi connectivity index (χ3v) is 11.5. The van der Waals surface area contributed by atoms with E-state index in [4.69, 9.17) is 15.0 Å². The summed E-state index contributed by atoms with van der Waals surface area (Å²) < 4.78 is 0. The lowest BCUT2D eigenvalue weighted by Crippen LogP contribution is -2.11. The van der Waals surface area contributed by atoms with E-state index < -0.39 is 0 Å². The zero-order chi connectivity index (χ0) is 36.8. The minimum Gasteiger partial charge on any atom is -0.213 e. The molecule has 55 heavy (non-hydrogen) atoms. The summed E-state index contributed by atoms with van der Waals surface area (Å²) in [6.45, 7) is 0. The molecule has 5 aromatic carbocycles. The fourth-order valence-electron chi connectivity index (χ4n) is 8.73. The predicted molar refractivity (Wildman–Crippen MR) is 229 cm³/mol. The van der Waals surface area contributed by atoms with Gasteiger partial charge < -0.3 is 0 Å². The summed E-state index contributed by atoms with van der Waals surface area (Å²) in [6, 6.07) is 46.5. The lowest BCUT2D eigenvalue weighted by molar-refractivity contribution is 0.620. The average Bonchev–Trinajstić information content (AvgIpc) is 3.53. The molecule has 1 heterocycles. The van der Waals surface area contributed by atoms with Crippen LogP contribution in [0, 0.1) is 0 Å². The molecule has 0 bridgehead atoms. The highest BCUT2D eigenvalue weighted by Gasteiger charge is 2.25. The molecule has 1 aromatic heterocycles. The summed E-state index contributed by atoms with van der Waals surface area (Å²) in [7, 11) is 0. The SMILES string of the molecule is C1=CCC(c2ccccc2-c2ccccc2)C(c2ccccc2-c2ccccc2-c2cccc(-c3nc(C4=CCCCC4)nc(C4C=CCCC4)n3)c2)=CC1. The number of aromatic nitrogens is 3. The molecule has 3 heteroatoms. The number of nitrogens with zero attached hydrogens (tertiary/aromatic N) is 3. The second kappa shape index (κ2) is 16.2. The first-order valence-corrected chi connectivity index (χ1v) is 20.2. The van der Waals surface area contributed by atoms with Gasteiger partial charge in [0, 0.05) is 17.4 Å². The lowest BCUT2D eigenvalue weighted by Gasteiger charge is -2.25. The molecule has 3 nitrogen and oxygen atoms in total. The maximum absolute atomic E-state index is 5.17. The van der Waals surface area contributed by atoms with Gasteiger partial charge in [-0.1, -0.05) is 158 Å². The zero-order valence-electron chi connectivity index (χ0n) is 31.4. The predicted octanol–water partition coefficient (Wildman–Crippen LogP) is 13.8. The fourth-order valence-corrected chi connectivity index (χ4v) is 8.73. The highest BCUT2D eigenvalue weighted by molar-refractivity contribution is 5.92. The molecule has 0 radical (unpaired) electrons. The van der Waals surface area contributed by atoms with Crippen LogP contribution in [-0.2, 0) is 0 Å². The maximum atomic E-state index is 5.17. The summed E-state index contributed by atoms with van der Waals surface area (Å²) in [5.41, 5.74) is 13.7. The Morgan fingerprint density at radius 1 is 0.491 bits per heavy atom. The molecule has 0 spiro atoms. The molecule has 0 amide bonds. The average molecular weight is 714 g/mol. The Kier molecular flexibility index (Phi) is 10.3. The fraction of sp³-hybridized carbons (Fsp3) is 0.212. The number of hydrogen-bond donors (Lipinski definition) is 0. The third-order valence-electron chi connectivity index (χ3n) is 11.5. The second-order valence-corrected chi connectivity index (χ2v) is 15.1. The van der Waals surface area contributed by atoms with E-state index in [9.17, 15) is 0 Å². The number of rotatable bonds is 8. The molecule has 0 fully saturated rings. The van der Waals surface area contributed by atoms with E-state index in [0.717, 1.165) is 67.1 Å². The van der Waals surface area contributed by atoms with Crippen molar-refractivity contribution in [2.75, 3.05) is 0 Å². The van der Waals surface area contributed by atoms with Crippen LogP contribution in [0.5, 0.6) is 0 Å². The van der Waals surface area contributed by atoms with Crippen LogP contribution in [0.1, 0.15) is 92.4 Å². The van der Waals surface area contributed by atoms with E-state index in [-0.39, 0.29) is 11.8 Å². The van der Waals surface area contributed by atoms with Gasteiger partial charge in [-0.05, 0) is 120 Å². The van der Waals surface area contributed by atoms with Crippen LogP contribution in [0.2, 0.25) is 0 Å². The van der Waals surface area contributed by atoms with Gasteiger partial charge in [0.2, 0.25) is 0 Å².